The highest BCUT2D eigenvalue weighted by molar-refractivity contribution is 6.20. The zero-order valence-electron chi connectivity index (χ0n) is 28.7. The fraction of sp³-hybridized carbons (Fsp3) is 0.0385. The van der Waals surface area contributed by atoms with Gasteiger partial charge < -0.3 is 0 Å². The van der Waals surface area contributed by atoms with Crippen molar-refractivity contribution < 1.29 is 0 Å². The Kier molecular flexibility index (Phi) is 6.48. The maximum atomic E-state index is 2.43. The molecule has 52 heavy (non-hydrogen) atoms. The van der Waals surface area contributed by atoms with Crippen molar-refractivity contribution in [2.45, 2.75) is 6.42 Å². The van der Waals surface area contributed by atoms with E-state index < -0.39 is 0 Å². The second kappa shape index (κ2) is 11.5. The minimum Gasteiger partial charge on any atom is -0.0757 e. The zero-order valence-corrected chi connectivity index (χ0v) is 28.7. The van der Waals surface area contributed by atoms with Crippen LogP contribution in [0.25, 0.3) is 88.6 Å². The number of hydrogen-bond donors (Lipinski definition) is 0. The highest BCUT2D eigenvalue weighted by atomic mass is 14.3. The molecule has 1 atom stereocenters. The minimum absolute atomic E-state index is 0.345. The molecule has 0 heterocycles. The van der Waals surface area contributed by atoms with Crippen LogP contribution in [0.1, 0.15) is 12.0 Å². The molecular formula is C52H34. The first-order valence-electron chi connectivity index (χ1n) is 18.4. The molecule has 0 amide bonds. The van der Waals surface area contributed by atoms with Crippen molar-refractivity contribution in [1.29, 1.82) is 0 Å². The van der Waals surface area contributed by atoms with Gasteiger partial charge in [0.2, 0.25) is 0 Å². The monoisotopic (exact) mass is 658 g/mol. The number of rotatable bonds is 3. The Bertz CT molecular complexity index is 3200. The summed E-state index contributed by atoms with van der Waals surface area (Å²) in [6, 6.07) is 65.4. The maximum absolute atomic E-state index is 2.43. The Balaban J connectivity index is 0.994. The molecule has 2 aliphatic carbocycles. The largest absolute Gasteiger partial charge is 0.0757 e. The first kappa shape index (κ1) is 29.3. The first-order chi connectivity index (χ1) is 25.8. The van der Waals surface area contributed by atoms with Gasteiger partial charge in [-0.05, 0) is 134 Å². The van der Waals surface area contributed by atoms with Crippen LogP contribution in [0, 0.1) is 5.92 Å². The van der Waals surface area contributed by atoms with E-state index in [4.69, 9.17) is 0 Å². The van der Waals surface area contributed by atoms with Gasteiger partial charge in [-0.25, -0.2) is 0 Å². The minimum atomic E-state index is 0.345. The molecule has 9 aromatic rings. The van der Waals surface area contributed by atoms with Gasteiger partial charge >= 0.3 is 0 Å². The summed E-state index contributed by atoms with van der Waals surface area (Å²) in [5, 5.41) is 15.6. The second-order valence-corrected chi connectivity index (χ2v) is 14.4. The molecule has 0 aliphatic heterocycles. The summed E-state index contributed by atoms with van der Waals surface area (Å²) in [7, 11) is 0. The van der Waals surface area contributed by atoms with Gasteiger partial charge in [-0.15, -0.1) is 0 Å². The summed E-state index contributed by atoms with van der Waals surface area (Å²) in [5.74, 6) is 0.345. The molecule has 1 unspecified atom stereocenters. The SMILES string of the molecule is C1=c2ccccc2=C2C=c3ccccc3=C(c3ccc4cc(-c5ccc(-c6c7ccccc7cc7c6ccc6ccccc67)cc5)ccc4c3)C2C1. The van der Waals surface area contributed by atoms with Crippen LogP contribution in [0.2, 0.25) is 0 Å². The van der Waals surface area contributed by atoms with Gasteiger partial charge in [-0.1, -0.05) is 164 Å². The van der Waals surface area contributed by atoms with Gasteiger partial charge in [0.1, 0.15) is 0 Å². The predicted octanol–water partition coefficient (Wildman–Crippen LogP) is 10.3. The highest BCUT2D eigenvalue weighted by Crippen LogP contribution is 2.40. The Morgan fingerprint density at radius 1 is 0.365 bits per heavy atom. The zero-order chi connectivity index (χ0) is 34.2. The van der Waals surface area contributed by atoms with E-state index in [0.29, 0.717) is 5.92 Å². The third-order valence-corrected chi connectivity index (χ3v) is 11.6. The lowest BCUT2D eigenvalue weighted by Crippen LogP contribution is -2.40. The highest BCUT2D eigenvalue weighted by Gasteiger charge is 2.25. The Morgan fingerprint density at radius 2 is 0.981 bits per heavy atom. The van der Waals surface area contributed by atoms with Crippen molar-refractivity contribution >= 4 is 66.4 Å². The van der Waals surface area contributed by atoms with E-state index >= 15 is 0 Å². The van der Waals surface area contributed by atoms with Crippen molar-refractivity contribution in [1.82, 2.24) is 0 Å². The van der Waals surface area contributed by atoms with Crippen LogP contribution in [-0.2, 0) is 0 Å². The quantitative estimate of drug-likeness (QED) is 0.131. The smallest absolute Gasteiger partial charge is 0.0143 e. The molecule has 0 saturated heterocycles. The van der Waals surface area contributed by atoms with Gasteiger partial charge in [0.25, 0.3) is 0 Å². The predicted molar refractivity (Wildman–Crippen MR) is 222 cm³/mol. The van der Waals surface area contributed by atoms with Crippen molar-refractivity contribution in [3.63, 3.8) is 0 Å². The van der Waals surface area contributed by atoms with Gasteiger partial charge in [0.05, 0.1) is 0 Å². The Hall–Kier alpha value is -6.50. The number of hydrogen-bond acceptors (Lipinski definition) is 0. The van der Waals surface area contributed by atoms with Crippen molar-refractivity contribution in [3.05, 3.63) is 202 Å². The molecular weight excluding hydrogens is 625 g/mol. The lowest BCUT2D eigenvalue weighted by molar-refractivity contribution is 0.884. The molecule has 0 aromatic heterocycles. The molecule has 9 aromatic carbocycles. The molecule has 0 nitrogen and oxygen atoms in total. The van der Waals surface area contributed by atoms with Gasteiger partial charge in [-0.3, -0.25) is 0 Å². The van der Waals surface area contributed by atoms with Crippen LogP contribution in [0.3, 0.4) is 0 Å². The summed E-state index contributed by atoms with van der Waals surface area (Å²) in [5.41, 5.74) is 9.20. The van der Waals surface area contributed by atoms with Crippen molar-refractivity contribution in [3.8, 4) is 22.3 Å². The third kappa shape index (κ3) is 4.54. The first-order valence-corrected chi connectivity index (χ1v) is 18.4. The van der Waals surface area contributed by atoms with Crippen LogP contribution in [-0.4, -0.2) is 0 Å². The molecule has 2 aliphatic rings. The molecule has 0 heteroatoms. The van der Waals surface area contributed by atoms with Crippen LogP contribution < -0.4 is 20.9 Å². The average Bonchev–Trinajstić information content (AvgIpc) is 3.21. The molecule has 242 valence electrons. The number of benzene rings is 9. The standard InChI is InChI=1S/C52H34/c1-5-13-43-34(9-1)25-27-47-49(43)31-40-11-3-7-15-45(40)51(47)36-19-17-33(18-20-36)37-21-22-39-30-42(24-23-38(39)29-37)52-46-16-8-4-12-41(46)32-50-44-14-6-2-10-35(44)26-28-48(50)52/h1-27,29-32,48H,28H2. The molecule has 0 fully saturated rings. The van der Waals surface area contributed by atoms with Crippen LogP contribution in [0.4, 0.5) is 0 Å². The molecule has 0 bridgehead atoms. The molecule has 11 rings (SSSR count). The third-order valence-electron chi connectivity index (χ3n) is 11.6. The van der Waals surface area contributed by atoms with E-state index in [2.05, 4.69) is 188 Å². The van der Waals surface area contributed by atoms with E-state index in [-0.39, 0.29) is 0 Å². The van der Waals surface area contributed by atoms with Crippen molar-refractivity contribution in [2.75, 3.05) is 0 Å². The maximum Gasteiger partial charge on any atom is 0.0143 e. The summed E-state index contributed by atoms with van der Waals surface area (Å²) in [6.07, 6.45) is 5.87. The number of fused-ring (bicyclic) bond motifs is 8. The van der Waals surface area contributed by atoms with E-state index in [1.807, 2.05) is 0 Å². The second-order valence-electron chi connectivity index (χ2n) is 14.4. The van der Waals surface area contributed by atoms with Crippen LogP contribution in [0.15, 0.2) is 176 Å². The van der Waals surface area contributed by atoms with E-state index in [1.165, 1.54) is 103 Å². The van der Waals surface area contributed by atoms with E-state index in [9.17, 15) is 0 Å². The van der Waals surface area contributed by atoms with Gasteiger partial charge in [-0.2, -0.15) is 0 Å². The summed E-state index contributed by atoms with van der Waals surface area (Å²) >= 11 is 0. The van der Waals surface area contributed by atoms with Gasteiger partial charge in [0.15, 0.2) is 0 Å². The van der Waals surface area contributed by atoms with Crippen LogP contribution in [0.5, 0.6) is 0 Å². The fourth-order valence-corrected chi connectivity index (χ4v) is 9.08. The van der Waals surface area contributed by atoms with Gasteiger partial charge in [0, 0.05) is 5.92 Å². The summed E-state index contributed by atoms with van der Waals surface area (Å²) < 4.78 is 0. The van der Waals surface area contributed by atoms with Crippen LogP contribution >= 0.6 is 0 Å². The van der Waals surface area contributed by atoms with Crippen molar-refractivity contribution in [2.24, 2.45) is 5.92 Å². The molecule has 0 radical (unpaired) electrons. The Morgan fingerprint density at radius 3 is 1.83 bits per heavy atom. The summed E-state index contributed by atoms with van der Waals surface area (Å²) in [4.78, 5) is 0. The Labute approximate surface area is 302 Å². The molecule has 0 saturated carbocycles. The summed E-state index contributed by atoms with van der Waals surface area (Å²) in [6.45, 7) is 0. The molecule has 0 spiro atoms. The lowest BCUT2D eigenvalue weighted by atomic mass is 9.76. The lowest BCUT2D eigenvalue weighted by Gasteiger charge is -2.27. The average molecular weight is 659 g/mol. The topological polar surface area (TPSA) is 0 Å². The fourth-order valence-electron chi connectivity index (χ4n) is 9.08. The van der Waals surface area contributed by atoms with E-state index in [0.717, 1.165) is 6.42 Å². The molecule has 0 N–H and O–H groups in total. The van der Waals surface area contributed by atoms with E-state index in [1.54, 1.807) is 0 Å². The normalized spacial score (nSPS) is 14.9.